The molecule has 0 saturated heterocycles. The Balaban J connectivity index is 1.64. The van der Waals surface area contributed by atoms with Crippen LogP contribution in [0.5, 0.6) is 5.88 Å². The Labute approximate surface area is 158 Å². The first-order chi connectivity index (χ1) is 13.0. The van der Waals surface area contributed by atoms with Crippen LogP contribution in [-0.4, -0.2) is 37.6 Å². The molecule has 4 aromatic rings. The minimum absolute atomic E-state index is 0.257. The second-order valence-corrected chi connectivity index (χ2v) is 6.59. The summed E-state index contributed by atoms with van der Waals surface area (Å²) in [5, 5.41) is 13.9. The average molecular weight is 384 g/mol. The fraction of sp³-hybridized carbons (Fsp3) is 0.176. The zero-order valence-corrected chi connectivity index (χ0v) is 15.6. The van der Waals surface area contributed by atoms with Gasteiger partial charge in [-0.2, -0.15) is 9.78 Å². The molecule has 0 fully saturated rings. The van der Waals surface area contributed by atoms with Crippen LogP contribution in [0.2, 0.25) is 0 Å². The van der Waals surface area contributed by atoms with Crippen LogP contribution < -0.4 is 10.1 Å². The summed E-state index contributed by atoms with van der Waals surface area (Å²) < 4.78 is 13.6. The molecule has 1 amide bonds. The summed E-state index contributed by atoms with van der Waals surface area (Å²) in [6, 6.07) is 5.42. The Bertz CT molecular complexity index is 1090. The SMILES string of the molecule is COc1nn(C)cc1C(=O)Nc1cc(C)nn1-c1nc(-c2ccco2)cs1. The van der Waals surface area contributed by atoms with Crippen LogP contribution in [0.25, 0.3) is 16.6 Å². The number of thiazole rings is 1. The first-order valence-corrected chi connectivity index (χ1v) is 8.88. The van der Waals surface area contributed by atoms with E-state index in [0.29, 0.717) is 28.0 Å². The summed E-state index contributed by atoms with van der Waals surface area (Å²) >= 11 is 1.40. The molecule has 4 heterocycles. The minimum atomic E-state index is -0.344. The Morgan fingerprint density at radius 1 is 1.37 bits per heavy atom. The molecule has 4 rings (SSSR count). The van der Waals surface area contributed by atoms with Crippen molar-refractivity contribution in [2.24, 2.45) is 7.05 Å². The monoisotopic (exact) mass is 384 g/mol. The van der Waals surface area contributed by atoms with Gasteiger partial charge in [0, 0.05) is 24.7 Å². The molecule has 27 heavy (non-hydrogen) atoms. The van der Waals surface area contributed by atoms with Crippen molar-refractivity contribution in [3.8, 4) is 22.5 Å². The third kappa shape index (κ3) is 3.22. The van der Waals surface area contributed by atoms with Crippen LogP contribution in [0, 0.1) is 6.92 Å². The molecule has 0 aliphatic carbocycles. The molecule has 0 bridgehead atoms. The van der Waals surface area contributed by atoms with Gasteiger partial charge < -0.3 is 14.5 Å². The highest BCUT2D eigenvalue weighted by Crippen LogP contribution is 2.27. The van der Waals surface area contributed by atoms with Crippen molar-refractivity contribution in [3.05, 3.63) is 47.3 Å². The maximum atomic E-state index is 12.7. The van der Waals surface area contributed by atoms with Gasteiger partial charge >= 0.3 is 0 Å². The second kappa shape index (κ2) is 6.72. The van der Waals surface area contributed by atoms with Crippen LogP contribution >= 0.6 is 11.3 Å². The number of aryl methyl sites for hydroxylation is 2. The van der Waals surface area contributed by atoms with Crippen molar-refractivity contribution >= 4 is 23.1 Å². The Morgan fingerprint density at radius 2 is 2.22 bits per heavy atom. The van der Waals surface area contributed by atoms with Gasteiger partial charge in [0.2, 0.25) is 11.0 Å². The van der Waals surface area contributed by atoms with Gasteiger partial charge in [-0.05, 0) is 19.1 Å². The molecule has 0 saturated carbocycles. The molecule has 0 unspecified atom stereocenters. The van der Waals surface area contributed by atoms with E-state index in [4.69, 9.17) is 9.15 Å². The number of ether oxygens (including phenoxy) is 1. The third-order valence-electron chi connectivity index (χ3n) is 3.75. The zero-order chi connectivity index (χ0) is 19.0. The van der Waals surface area contributed by atoms with Gasteiger partial charge in [0.15, 0.2) is 5.76 Å². The number of anilines is 1. The number of carbonyl (C=O) groups is 1. The molecular weight excluding hydrogens is 368 g/mol. The van der Waals surface area contributed by atoms with E-state index in [9.17, 15) is 4.79 Å². The highest BCUT2D eigenvalue weighted by atomic mass is 32.1. The number of aromatic nitrogens is 5. The lowest BCUT2D eigenvalue weighted by atomic mass is 10.3. The van der Waals surface area contributed by atoms with Crippen LogP contribution in [0.4, 0.5) is 5.82 Å². The molecule has 0 aliphatic rings. The summed E-state index contributed by atoms with van der Waals surface area (Å²) in [6.45, 7) is 1.85. The maximum Gasteiger partial charge on any atom is 0.263 e. The molecule has 9 nitrogen and oxygen atoms in total. The third-order valence-corrected chi connectivity index (χ3v) is 4.57. The molecule has 0 radical (unpaired) electrons. The van der Waals surface area contributed by atoms with Crippen LogP contribution in [0.1, 0.15) is 16.1 Å². The van der Waals surface area contributed by atoms with Gasteiger partial charge in [0.1, 0.15) is 17.1 Å². The average Bonchev–Trinajstić information content (AvgIpc) is 3.40. The number of carbonyl (C=O) groups excluding carboxylic acids is 1. The molecule has 0 aliphatic heterocycles. The van der Waals surface area contributed by atoms with Gasteiger partial charge in [-0.1, -0.05) is 0 Å². The van der Waals surface area contributed by atoms with Crippen molar-refractivity contribution < 1.29 is 13.9 Å². The number of rotatable bonds is 5. The van der Waals surface area contributed by atoms with Crippen molar-refractivity contribution in [1.29, 1.82) is 0 Å². The van der Waals surface area contributed by atoms with E-state index >= 15 is 0 Å². The predicted octanol–water partition coefficient (Wildman–Crippen LogP) is 2.89. The molecule has 1 N–H and O–H groups in total. The van der Waals surface area contributed by atoms with Gasteiger partial charge in [0.25, 0.3) is 5.91 Å². The fourth-order valence-electron chi connectivity index (χ4n) is 2.59. The highest BCUT2D eigenvalue weighted by Gasteiger charge is 2.20. The van der Waals surface area contributed by atoms with Gasteiger partial charge in [-0.15, -0.1) is 16.4 Å². The van der Waals surface area contributed by atoms with Crippen LogP contribution in [-0.2, 0) is 7.05 Å². The number of hydrogen-bond acceptors (Lipinski definition) is 7. The molecule has 10 heteroatoms. The second-order valence-electron chi connectivity index (χ2n) is 5.76. The summed E-state index contributed by atoms with van der Waals surface area (Å²) in [5.41, 5.74) is 1.79. The van der Waals surface area contributed by atoms with E-state index in [2.05, 4.69) is 20.5 Å². The van der Waals surface area contributed by atoms with Gasteiger partial charge in [-0.25, -0.2) is 4.98 Å². The van der Waals surface area contributed by atoms with Crippen LogP contribution in [0.15, 0.2) is 40.5 Å². The number of nitrogens with zero attached hydrogens (tertiary/aromatic N) is 5. The number of hydrogen-bond donors (Lipinski definition) is 1. The zero-order valence-electron chi connectivity index (χ0n) is 14.8. The highest BCUT2D eigenvalue weighted by molar-refractivity contribution is 7.12. The Morgan fingerprint density at radius 3 is 2.96 bits per heavy atom. The molecule has 0 aromatic carbocycles. The molecule has 4 aromatic heterocycles. The summed E-state index contributed by atoms with van der Waals surface area (Å²) in [6.07, 6.45) is 3.19. The quantitative estimate of drug-likeness (QED) is 0.568. The molecular formula is C17H16N6O3S. The lowest BCUT2D eigenvalue weighted by Crippen LogP contribution is -2.15. The van der Waals surface area contributed by atoms with E-state index < -0.39 is 0 Å². The normalized spacial score (nSPS) is 10.9. The topological polar surface area (TPSA) is 100 Å². The van der Waals surface area contributed by atoms with E-state index in [1.807, 2.05) is 18.4 Å². The van der Waals surface area contributed by atoms with E-state index in [0.717, 1.165) is 5.69 Å². The first-order valence-electron chi connectivity index (χ1n) is 8.00. The summed E-state index contributed by atoms with van der Waals surface area (Å²) in [7, 11) is 3.19. The number of methoxy groups -OCH3 is 1. The van der Waals surface area contributed by atoms with Crippen molar-refractivity contribution in [1.82, 2.24) is 24.5 Å². The smallest absolute Gasteiger partial charge is 0.263 e. The molecule has 138 valence electrons. The van der Waals surface area contributed by atoms with E-state index in [-0.39, 0.29) is 11.8 Å². The molecule has 0 atom stereocenters. The van der Waals surface area contributed by atoms with Crippen molar-refractivity contribution in [2.75, 3.05) is 12.4 Å². The maximum absolute atomic E-state index is 12.7. The summed E-state index contributed by atoms with van der Waals surface area (Å²) in [5.74, 6) is 1.09. The number of furan rings is 1. The summed E-state index contributed by atoms with van der Waals surface area (Å²) in [4.78, 5) is 17.2. The van der Waals surface area contributed by atoms with Gasteiger partial charge in [0.05, 0.1) is 19.1 Å². The largest absolute Gasteiger partial charge is 0.479 e. The number of nitrogens with one attached hydrogen (secondary N) is 1. The standard InChI is InChI=1S/C17H16N6O3S/c1-10-7-14(19-15(24)11-8-22(2)21-16(11)25-3)23(20-10)17-18-12(9-27-17)13-5-4-6-26-13/h4-9H,1-3H3,(H,19,24). The van der Waals surface area contributed by atoms with Crippen molar-refractivity contribution in [3.63, 3.8) is 0 Å². The first kappa shape index (κ1) is 17.0. The minimum Gasteiger partial charge on any atom is -0.479 e. The van der Waals surface area contributed by atoms with Crippen molar-refractivity contribution in [2.45, 2.75) is 6.92 Å². The predicted molar refractivity (Wildman–Crippen MR) is 99.4 cm³/mol. The molecule has 0 spiro atoms. The fourth-order valence-corrected chi connectivity index (χ4v) is 3.37. The Kier molecular flexibility index (Phi) is 4.24. The lowest BCUT2D eigenvalue weighted by molar-refractivity contribution is 0.102. The Hall–Kier alpha value is -3.40. The van der Waals surface area contributed by atoms with Crippen LogP contribution in [0.3, 0.4) is 0 Å². The lowest BCUT2D eigenvalue weighted by Gasteiger charge is -2.06. The van der Waals surface area contributed by atoms with Gasteiger partial charge in [-0.3, -0.25) is 9.48 Å². The van der Waals surface area contributed by atoms with E-state index in [1.54, 1.807) is 36.3 Å². The number of amides is 1. The van der Waals surface area contributed by atoms with E-state index in [1.165, 1.54) is 23.1 Å².